The molecule has 2 aromatic heterocycles. The van der Waals surface area contributed by atoms with Crippen LogP contribution in [0.25, 0.3) is 22.0 Å². The smallest absolute Gasteiger partial charge is 0.288 e. The first-order valence-electron chi connectivity index (χ1n) is 11.5. The fourth-order valence-corrected chi connectivity index (χ4v) is 4.68. The number of benzene rings is 2. The lowest BCUT2D eigenvalue weighted by Crippen LogP contribution is -2.23. The highest BCUT2D eigenvalue weighted by Crippen LogP contribution is 2.34. The first kappa shape index (κ1) is 21.9. The van der Waals surface area contributed by atoms with E-state index in [0.29, 0.717) is 28.8 Å². The summed E-state index contributed by atoms with van der Waals surface area (Å²) in [4.78, 5) is 25.3. The molecule has 8 nitrogen and oxygen atoms in total. The topological polar surface area (TPSA) is 118 Å². The van der Waals surface area contributed by atoms with Gasteiger partial charge in [0.25, 0.3) is 11.5 Å². The molecule has 0 saturated carbocycles. The largest absolute Gasteiger partial charge is 0.382 e. The van der Waals surface area contributed by atoms with Crippen LogP contribution in [0.3, 0.4) is 0 Å². The van der Waals surface area contributed by atoms with Crippen molar-refractivity contribution in [1.82, 2.24) is 25.4 Å². The van der Waals surface area contributed by atoms with Gasteiger partial charge in [-0.1, -0.05) is 42.0 Å². The first-order chi connectivity index (χ1) is 16.4. The average molecular weight is 457 g/mol. The number of anilines is 1. The number of nitrogen functional groups attached to an aromatic ring is 1. The summed E-state index contributed by atoms with van der Waals surface area (Å²) in [5.74, 6) is 0.218. The van der Waals surface area contributed by atoms with Crippen LogP contribution >= 0.6 is 0 Å². The lowest BCUT2D eigenvalue weighted by Gasteiger charge is -2.11. The second kappa shape index (κ2) is 8.79. The number of carbonyl (C=O) groups is 1. The van der Waals surface area contributed by atoms with Crippen molar-refractivity contribution < 1.29 is 4.79 Å². The van der Waals surface area contributed by atoms with Crippen LogP contribution in [-0.2, 0) is 6.54 Å². The molecule has 0 spiro atoms. The second-order valence-corrected chi connectivity index (χ2v) is 8.96. The zero-order chi connectivity index (χ0) is 23.8. The molecule has 5 N–H and O–H groups in total. The van der Waals surface area contributed by atoms with E-state index >= 15 is 0 Å². The van der Waals surface area contributed by atoms with Crippen molar-refractivity contribution in [2.45, 2.75) is 32.9 Å². The maximum Gasteiger partial charge on any atom is 0.288 e. The van der Waals surface area contributed by atoms with E-state index in [9.17, 15) is 9.59 Å². The highest BCUT2D eigenvalue weighted by molar-refractivity contribution is 6.02. The number of carbonyl (C=O) groups excluding carboxylic acids is 1. The lowest BCUT2D eigenvalue weighted by molar-refractivity contribution is 0.0950. The Kier molecular flexibility index (Phi) is 5.67. The molecule has 1 aliphatic heterocycles. The number of amides is 1. The minimum atomic E-state index is -0.242. The Bertz CT molecular complexity index is 1430. The molecule has 1 aliphatic rings. The number of aryl methyl sites for hydroxylation is 2. The van der Waals surface area contributed by atoms with E-state index in [1.54, 1.807) is 0 Å². The SMILES string of the molecule is Cc1ccc(C)c(C(=O)NCc2ccc(-c3cn([C@@H]4CCNC4)c4c(=O)[nH]nc(N)c34)cc2)c1. The monoisotopic (exact) mass is 456 g/mol. The van der Waals surface area contributed by atoms with Crippen LogP contribution in [-0.4, -0.2) is 33.8 Å². The molecule has 0 bridgehead atoms. The number of nitrogens with two attached hydrogens (primary N) is 1. The van der Waals surface area contributed by atoms with Crippen LogP contribution in [0.1, 0.15) is 39.5 Å². The molecule has 34 heavy (non-hydrogen) atoms. The fraction of sp³-hybridized carbons (Fsp3) is 0.269. The van der Waals surface area contributed by atoms with Gasteiger partial charge in [-0.3, -0.25) is 9.59 Å². The Morgan fingerprint density at radius 3 is 2.74 bits per heavy atom. The van der Waals surface area contributed by atoms with Gasteiger partial charge in [-0.05, 0) is 49.6 Å². The Hall–Kier alpha value is -3.91. The summed E-state index contributed by atoms with van der Waals surface area (Å²) in [6.45, 7) is 6.06. The van der Waals surface area contributed by atoms with E-state index in [1.807, 2.05) is 67.1 Å². The quantitative estimate of drug-likeness (QED) is 0.368. The Labute approximate surface area is 197 Å². The van der Waals surface area contributed by atoms with Crippen molar-refractivity contribution in [3.8, 4) is 11.1 Å². The minimum absolute atomic E-state index is 0.0865. The van der Waals surface area contributed by atoms with Crippen molar-refractivity contribution in [3.05, 3.63) is 81.3 Å². The van der Waals surface area contributed by atoms with E-state index in [0.717, 1.165) is 47.3 Å². The van der Waals surface area contributed by atoms with Gasteiger partial charge in [0.2, 0.25) is 0 Å². The minimum Gasteiger partial charge on any atom is -0.382 e. The molecule has 8 heteroatoms. The van der Waals surface area contributed by atoms with Gasteiger partial charge in [-0.25, -0.2) is 5.10 Å². The van der Waals surface area contributed by atoms with Gasteiger partial charge in [0.1, 0.15) is 5.52 Å². The molecule has 1 fully saturated rings. The van der Waals surface area contributed by atoms with E-state index in [2.05, 4.69) is 20.8 Å². The number of nitrogens with one attached hydrogen (secondary N) is 3. The summed E-state index contributed by atoms with van der Waals surface area (Å²) in [7, 11) is 0. The van der Waals surface area contributed by atoms with E-state index in [1.165, 1.54) is 0 Å². The highest BCUT2D eigenvalue weighted by Gasteiger charge is 2.24. The third-order valence-electron chi connectivity index (χ3n) is 6.57. The Morgan fingerprint density at radius 2 is 2.00 bits per heavy atom. The molecule has 1 atom stereocenters. The van der Waals surface area contributed by atoms with Crippen LogP contribution in [0.2, 0.25) is 0 Å². The van der Waals surface area contributed by atoms with E-state index in [-0.39, 0.29) is 17.5 Å². The van der Waals surface area contributed by atoms with Crippen molar-refractivity contribution in [1.29, 1.82) is 0 Å². The van der Waals surface area contributed by atoms with E-state index in [4.69, 9.17) is 5.73 Å². The van der Waals surface area contributed by atoms with Gasteiger partial charge >= 0.3 is 0 Å². The standard InChI is InChI=1S/C26H28N6O2/c1-15-3-4-16(2)20(11-15)25(33)29-12-17-5-7-18(8-6-17)21-14-32(19-9-10-28-13-19)23-22(21)24(27)30-31-26(23)34/h3-8,11,14,19,28H,9-10,12-13H2,1-2H3,(H2,27,30)(H,29,33)(H,31,34)/t19-/m1/s1. The fourth-order valence-electron chi connectivity index (χ4n) is 4.68. The molecule has 5 rings (SSSR count). The zero-order valence-electron chi connectivity index (χ0n) is 19.3. The number of hydrogen-bond donors (Lipinski definition) is 4. The molecule has 174 valence electrons. The van der Waals surface area contributed by atoms with Crippen LogP contribution in [0.15, 0.2) is 53.5 Å². The van der Waals surface area contributed by atoms with Gasteiger partial charge in [0.15, 0.2) is 5.82 Å². The number of H-pyrrole nitrogens is 1. The third kappa shape index (κ3) is 3.97. The van der Waals surface area contributed by atoms with Crippen molar-refractivity contribution in [2.75, 3.05) is 18.8 Å². The molecule has 2 aromatic carbocycles. The molecule has 1 saturated heterocycles. The molecule has 0 radical (unpaired) electrons. The predicted octanol–water partition coefficient (Wildman–Crippen LogP) is 3.06. The summed E-state index contributed by atoms with van der Waals surface area (Å²) in [6, 6.07) is 14.0. The van der Waals surface area contributed by atoms with Gasteiger partial charge in [0, 0.05) is 36.5 Å². The summed E-state index contributed by atoms with van der Waals surface area (Å²) >= 11 is 0. The zero-order valence-corrected chi connectivity index (χ0v) is 19.3. The molecule has 1 amide bonds. The summed E-state index contributed by atoms with van der Waals surface area (Å²) in [6.07, 6.45) is 2.96. The van der Waals surface area contributed by atoms with Crippen LogP contribution in [0, 0.1) is 13.8 Å². The van der Waals surface area contributed by atoms with Gasteiger partial charge < -0.3 is 20.9 Å². The second-order valence-electron chi connectivity index (χ2n) is 8.96. The molecule has 0 unspecified atom stereocenters. The molecule has 3 heterocycles. The van der Waals surface area contributed by atoms with Crippen molar-refractivity contribution in [2.24, 2.45) is 0 Å². The number of aromatic nitrogens is 3. The molecule has 4 aromatic rings. The highest BCUT2D eigenvalue weighted by atomic mass is 16.1. The van der Waals surface area contributed by atoms with Gasteiger partial charge in [-0.15, -0.1) is 0 Å². The molecular weight excluding hydrogens is 428 g/mol. The molecule has 0 aliphatic carbocycles. The summed E-state index contributed by atoms with van der Waals surface area (Å²) in [5.41, 5.74) is 12.0. The summed E-state index contributed by atoms with van der Waals surface area (Å²) < 4.78 is 2.03. The van der Waals surface area contributed by atoms with Gasteiger partial charge in [-0.2, -0.15) is 5.10 Å². The van der Waals surface area contributed by atoms with Crippen molar-refractivity contribution >= 4 is 22.6 Å². The molecular formula is C26H28N6O2. The van der Waals surface area contributed by atoms with E-state index < -0.39 is 0 Å². The number of hydrogen-bond acceptors (Lipinski definition) is 5. The van der Waals surface area contributed by atoms with Crippen LogP contribution in [0.5, 0.6) is 0 Å². The number of rotatable bonds is 5. The number of aromatic amines is 1. The first-order valence-corrected chi connectivity index (χ1v) is 11.5. The maximum atomic E-state index is 12.7. The van der Waals surface area contributed by atoms with Crippen molar-refractivity contribution in [3.63, 3.8) is 0 Å². The Morgan fingerprint density at radius 1 is 1.21 bits per heavy atom. The maximum absolute atomic E-state index is 12.7. The summed E-state index contributed by atoms with van der Waals surface area (Å²) in [5, 5.41) is 13.6. The Balaban J connectivity index is 1.42. The van der Waals surface area contributed by atoms with Crippen LogP contribution < -0.4 is 21.9 Å². The number of nitrogens with zero attached hydrogens (tertiary/aromatic N) is 2. The number of fused-ring (bicyclic) bond motifs is 1. The lowest BCUT2D eigenvalue weighted by atomic mass is 10.0. The van der Waals surface area contributed by atoms with Gasteiger partial charge in [0.05, 0.1) is 5.39 Å². The van der Waals surface area contributed by atoms with Crippen LogP contribution in [0.4, 0.5) is 5.82 Å². The third-order valence-corrected chi connectivity index (χ3v) is 6.57. The normalized spacial score (nSPS) is 15.6. The predicted molar refractivity (Wildman–Crippen MR) is 134 cm³/mol. The average Bonchev–Trinajstić information content (AvgIpc) is 3.50.